The summed E-state index contributed by atoms with van der Waals surface area (Å²) < 4.78 is 19.5. The van der Waals surface area contributed by atoms with Gasteiger partial charge in [-0.05, 0) is 37.3 Å². The first kappa shape index (κ1) is 21.3. The molecule has 2 aromatic rings. The number of halogens is 1. The van der Waals surface area contributed by atoms with Gasteiger partial charge in [0.1, 0.15) is 5.82 Å². The van der Waals surface area contributed by atoms with Crippen LogP contribution in [0.3, 0.4) is 0 Å². The van der Waals surface area contributed by atoms with Gasteiger partial charge in [0, 0.05) is 44.5 Å². The van der Waals surface area contributed by atoms with E-state index in [2.05, 4.69) is 5.32 Å². The second kappa shape index (κ2) is 9.39. The number of carbonyl (C=O) groups excluding carboxylic acids is 3. The number of carbonyl (C=O) groups is 3. The lowest BCUT2D eigenvalue weighted by atomic mass is 10.1. The van der Waals surface area contributed by atoms with E-state index >= 15 is 0 Å². The number of hydrogen-bond donors (Lipinski definition) is 1. The zero-order valence-electron chi connectivity index (χ0n) is 17.0. The standard InChI is InChI=1S/C22H24FN3O4/c1-15(27)16-7-8-20(18(23)13-16)25-9-11-26(12-10-25)21(28)14-30-22(29)17-5-3-4-6-19(17)24-2/h3-8,13,24H,9-12,14H2,1-2H3. The van der Waals surface area contributed by atoms with Gasteiger partial charge in [-0.1, -0.05) is 12.1 Å². The number of benzene rings is 2. The highest BCUT2D eigenvalue weighted by molar-refractivity contribution is 5.96. The molecule has 7 nitrogen and oxygen atoms in total. The maximum Gasteiger partial charge on any atom is 0.340 e. The van der Waals surface area contributed by atoms with Gasteiger partial charge in [-0.15, -0.1) is 0 Å². The molecule has 158 valence electrons. The molecule has 30 heavy (non-hydrogen) atoms. The van der Waals surface area contributed by atoms with Crippen LogP contribution in [0.25, 0.3) is 0 Å². The fraction of sp³-hybridized carbons (Fsp3) is 0.318. The first-order valence-corrected chi connectivity index (χ1v) is 9.68. The lowest BCUT2D eigenvalue weighted by Crippen LogP contribution is -2.50. The van der Waals surface area contributed by atoms with Crippen molar-refractivity contribution >= 4 is 29.0 Å². The average Bonchev–Trinajstić information content (AvgIpc) is 2.77. The van der Waals surface area contributed by atoms with E-state index in [-0.39, 0.29) is 18.3 Å². The van der Waals surface area contributed by atoms with E-state index < -0.39 is 11.8 Å². The van der Waals surface area contributed by atoms with Crippen LogP contribution < -0.4 is 10.2 Å². The van der Waals surface area contributed by atoms with E-state index in [1.807, 2.05) is 4.90 Å². The van der Waals surface area contributed by atoms with Gasteiger partial charge in [-0.25, -0.2) is 9.18 Å². The SMILES string of the molecule is CNc1ccccc1C(=O)OCC(=O)N1CCN(c2ccc(C(C)=O)cc2F)CC1. The average molecular weight is 413 g/mol. The number of amides is 1. The summed E-state index contributed by atoms with van der Waals surface area (Å²) in [4.78, 5) is 39.5. The number of anilines is 2. The lowest BCUT2D eigenvalue weighted by Gasteiger charge is -2.36. The highest BCUT2D eigenvalue weighted by Gasteiger charge is 2.24. The molecule has 0 aliphatic carbocycles. The van der Waals surface area contributed by atoms with Crippen LogP contribution in [0, 0.1) is 5.82 Å². The second-order valence-electron chi connectivity index (χ2n) is 6.96. The largest absolute Gasteiger partial charge is 0.452 e. The minimum absolute atomic E-state index is 0.192. The molecule has 1 N–H and O–H groups in total. The molecule has 0 spiro atoms. The predicted octanol–water partition coefficient (Wildman–Crippen LogP) is 2.58. The summed E-state index contributed by atoms with van der Waals surface area (Å²) >= 11 is 0. The Hall–Kier alpha value is -3.42. The first-order valence-electron chi connectivity index (χ1n) is 9.68. The van der Waals surface area contributed by atoms with Crippen LogP contribution in [0.2, 0.25) is 0 Å². The summed E-state index contributed by atoms with van der Waals surface area (Å²) in [5.74, 6) is -1.51. The van der Waals surface area contributed by atoms with Gasteiger partial charge < -0.3 is 19.9 Å². The Morgan fingerprint density at radius 1 is 1.07 bits per heavy atom. The van der Waals surface area contributed by atoms with Crippen LogP contribution in [0.5, 0.6) is 0 Å². The normalized spacial score (nSPS) is 13.7. The van der Waals surface area contributed by atoms with E-state index in [1.54, 1.807) is 48.3 Å². The van der Waals surface area contributed by atoms with Gasteiger partial charge in [-0.3, -0.25) is 9.59 Å². The third-order valence-electron chi connectivity index (χ3n) is 5.07. The zero-order valence-corrected chi connectivity index (χ0v) is 17.0. The third-order valence-corrected chi connectivity index (χ3v) is 5.07. The topological polar surface area (TPSA) is 79.0 Å². The molecule has 8 heteroatoms. The molecule has 1 aliphatic heterocycles. The number of esters is 1. The van der Waals surface area contributed by atoms with Crippen molar-refractivity contribution in [2.45, 2.75) is 6.92 Å². The molecule has 3 rings (SSSR count). The lowest BCUT2D eigenvalue weighted by molar-refractivity contribution is -0.134. The molecule has 1 amide bonds. The molecule has 0 atom stereocenters. The number of Topliss-reactive ketones (excluding diaryl/α,β-unsaturated/α-hetero) is 1. The van der Waals surface area contributed by atoms with Crippen LogP contribution in [0.4, 0.5) is 15.8 Å². The van der Waals surface area contributed by atoms with Crippen molar-refractivity contribution in [3.63, 3.8) is 0 Å². The third kappa shape index (κ3) is 4.76. The molecular formula is C22H24FN3O4. The van der Waals surface area contributed by atoms with Gasteiger partial charge in [0.15, 0.2) is 12.4 Å². The number of para-hydroxylation sites is 1. The molecule has 1 aliphatic rings. The van der Waals surface area contributed by atoms with Crippen molar-refractivity contribution in [3.05, 3.63) is 59.4 Å². The smallest absolute Gasteiger partial charge is 0.340 e. The second-order valence-corrected chi connectivity index (χ2v) is 6.96. The van der Waals surface area contributed by atoms with Gasteiger partial charge in [0.05, 0.1) is 11.3 Å². The molecule has 0 saturated carbocycles. The Morgan fingerprint density at radius 2 is 1.77 bits per heavy atom. The Labute approximate surface area is 174 Å². The monoisotopic (exact) mass is 413 g/mol. The van der Waals surface area contributed by atoms with Crippen molar-refractivity contribution in [3.8, 4) is 0 Å². The molecule has 1 saturated heterocycles. The number of ketones is 1. The first-order chi connectivity index (χ1) is 14.4. The Balaban J connectivity index is 1.53. The maximum absolute atomic E-state index is 14.3. The van der Waals surface area contributed by atoms with Gasteiger partial charge in [0.25, 0.3) is 5.91 Å². The number of piperazine rings is 1. The number of rotatable bonds is 6. The van der Waals surface area contributed by atoms with E-state index in [0.717, 1.165) is 0 Å². The molecule has 2 aromatic carbocycles. The van der Waals surface area contributed by atoms with E-state index in [0.29, 0.717) is 48.7 Å². The number of nitrogens with zero attached hydrogens (tertiary/aromatic N) is 2. The van der Waals surface area contributed by atoms with Gasteiger partial charge in [0.2, 0.25) is 0 Å². The fourth-order valence-corrected chi connectivity index (χ4v) is 3.35. The fourth-order valence-electron chi connectivity index (χ4n) is 3.35. The van der Waals surface area contributed by atoms with Crippen LogP contribution in [0.15, 0.2) is 42.5 Å². The summed E-state index contributed by atoms with van der Waals surface area (Å²) in [5.41, 5.74) is 1.72. The predicted molar refractivity (Wildman–Crippen MR) is 111 cm³/mol. The summed E-state index contributed by atoms with van der Waals surface area (Å²) in [6.07, 6.45) is 0. The summed E-state index contributed by atoms with van der Waals surface area (Å²) in [7, 11) is 1.70. The summed E-state index contributed by atoms with van der Waals surface area (Å²) in [6.45, 7) is 2.70. The number of ether oxygens (including phenoxy) is 1. The van der Waals surface area contributed by atoms with E-state index in [9.17, 15) is 18.8 Å². The molecule has 1 fully saturated rings. The van der Waals surface area contributed by atoms with Gasteiger partial charge >= 0.3 is 5.97 Å². The molecule has 0 aromatic heterocycles. The zero-order chi connectivity index (χ0) is 21.7. The van der Waals surface area contributed by atoms with Crippen molar-refractivity contribution in [2.75, 3.05) is 50.1 Å². The van der Waals surface area contributed by atoms with Crippen molar-refractivity contribution in [1.82, 2.24) is 4.90 Å². The van der Waals surface area contributed by atoms with E-state index in [4.69, 9.17) is 4.74 Å². The van der Waals surface area contributed by atoms with Gasteiger partial charge in [-0.2, -0.15) is 0 Å². The van der Waals surface area contributed by atoms with E-state index in [1.165, 1.54) is 13.0 Å². The highest BCUT2D eigenvalue weighted by atomic mass is 19.1. The Bertz CT molecular complexity index is 955. The van der Waals surface area contributed by atoms with Crippen molar-refractivity contribution in [2.24, 2.45) is 0 Å². The molecule has 1 heterocycles. The van der Waals surface area contributed by atoms with Crippen LogP contribution in [-0.2, 0) is 9.53 Å². The quantitative estimate of drug-likeness (QED) is 0.579. The van der Waals surface area contributed by atoms with Crippen LogP contribution >= 0.6 is 0 Å². The van der Waals surface area contributed by atoms with Crippen molar-refractivity contribution < 1.29 is 23.5 Å². The number of nitrogens with one attached hydrogen (secondary N) is 1. The minimum Gasteiger partial charge on any atom is -0.452 e. The molecule has 0 unspecified atom stereocenters. The summed E-state index contributed by atoms with van der Waals surface area (Å²) in [5, 5.41) is 2.91. The molecular weight excluding hydrogens is 389 g/mol. The van der Waals surface area contributed by atoms with Crippen molar-refractivity contribution in [1.29, 1.82) is 0 Å². The Morgan fingerprint density at radius 3 is 2.40 bits per heavy atom. The van der Waals surface area contributed by atoms with Crippen LogP contribution in [-0.4, -0.2) is 62.4 Å². The molecule has 0 bridgehead atoms. The number of hydrogen-bond acceptors (Lipinski definition) is 6. The highest BCUT2D eigenvalue weighted by Crippen LogP contribution is 2.22. The molecule has 0 radical (unpaired) electrons. The maximum atomic E-state index is 14.3. The minimum atomic E-state index is -0.570. The van der Waals surface area contributed by atoms with Crippen LogP contribution in [0.1, 0.15) is 27.6 Å². The Kier molecular flexibility index (Phi) is 6.66. The summed E-state index contributed by atoms with van der Waals surface area (Å²) in [6, 6.07) is 11.3.